The molecule has 0 aliphatic carbocycles. The zero-order valence-electron chi connectivity index (χ0n) is 11.3. The lowest BCUT2D eigenvalue weighted by Gasteiger charge is -2.11. The van der Waals surface area contributed by atoms with Crippen molar-refractivity contribution in [2.75, 3.05) is 20.2 Å². The third-order valence-electron chi connectivity index (χ3n) is 4.11. The van der Waals surface area contributed by atoms with Crippen LogP contribution in [0.3, 0.4) is 0 Å². The van der Waals surface area contributed by atoms with E-state index in [1.807, 2.05) is 0 Å². The normalized spacial score (nSPS) is 19.6. The Morgan fingerprint density at radius 2 is 2.22 bits per heavy atom. The lowest BCUT2D eigenvalue weighted by atomic mass is 10.0. The molecule has 1 fully saturated rings. The molecule has 1 saturated heterocycles. The van der Waals surface area contributed by atoms with E-state index >= 15 is 0 Å². The Bertz CT molecular complexity index is 580. The van der Waals surface area contributed by atoms with Gasteiger partial charge < -0.3 is 14.6 Å². The largest absolute Gasteiger partial charge is 0.495 e. The third kappa shape index (κ3) is 1.62. The molecule has 1 aromatic heterocycles. The molecule has 2 aromatic rings. The molecule has 18 heavy (non-hydrogen) atoms. The zero-order chi connectivity index (χ0) is 12.7. The van der Waals surface area contributed by atoms with E-state index < -0.39 is 0 Å². The summed E-state index contributed by atoms with van der Waals surface area (Å²) in [5.74, 6) is 1.60. The number of hydrogen-bond donors (Lipinski definition) is 1. The predicted octanol–water partition coefficient (Wildman–Crippen LogP) is 2.57. The van der Waals surface area contributed by atoms with Gasteiger partial charge in [-0.3, -0.25) is 0 Å². The van der Waals surface area contributed by atoms with Gasteiger partial charge in [-0.25, -0.2) is 0 Å². The molecule has 2 heterocycles. The Morgan fingerprint density at radius 1 is 1.39 bits per heavy atom. The summed E-state index contributed by atoms with van der Waals surface area (Å²) < 4.78 is 7.81. The number of ether oxygens (including phenoxy) is 1. The Morgan fingerprint density at radius 3 is 2.89 bits per heavy atom. The molecule has 3 rings (SSSR count). The number of fused-ring (bicyclic) bond motifs is 1. The van der Waals surface area contributed by atoms with E-state index in [9.17, 15) is 0 Å². The highest BCUT2D eigenvalue weighted by molar-refractivity contribution is 5.90. The molecule has 3 heteroatoms. The second-order valence-electron chi connectivity index (χ2n) is 5.16. The Labute approximate surface area is 108 Å². The first-order chi connectivity index (χ1) is 8.72. The van der Waals surface area contributed by atoms with Crippen molar-refractivity contribution in [2.24, 2.45) is 7.05 Å². The molecule has 1 aliphatic heterocycles. The van der Waals surface area contributed by atoms with Crippen molar-refractivity contribution in [3.63, 3.8) is 0 Å². The van der Waals surface area contributed by atoms with Gasteiger partial charge in [0.1, 0.15) is 5.75 Å². The molecule has 0 radical (unpaired) electrons. The number of aromatic nitrogens is 1. The molecule has 1 N–H and O–H groups in total. The van der Waals surface area contributed by atoms with Crippen LogP contribution in [0.2, 0.25) is 0 Å². The fraction of sp³-hybridized carbons (Fsp3) is 0.467. The average Bonchev–Trinajstić information content (AvgIpc) is 2.99. The first kappa shape index (κ1) is 11.6. The van der Waals surface area contributed by atoms with Gasteiger partial charge >= 0.3 is 0 Å². The number of methoxy groups -OCH3 is 1. The van der Waals surface area contributed by atoms with Crippen molar-refractivity contribution in [2.45, 2.75) is 19.3 Å². The Kier molecular flexibility index (Phi) is 2.78. The molecule has 1 aliphatic rings. The van der Waals surface area contributed by atoms with Gasteiger partial charge in [-0.15, -0.1) is 0 Å². The van der Waals surface area contributed by atoms with E-state index in [-0.39, 0.29) is 0 Å². The van der Waals surface area contributed by atoms with Gasteiger partial charge in [0.2, 0.25) is 0 Å². The topological polar surface area (TPSA) is 26.2 Å². The van der Waals surface area contributed by atoms with Gasteiger partial charge in [-0.05, 0) is 37.6 Å². The zero-order valence-corrected chi connectivity index (χ0v) is 11.3. The van der Waals surface area contributed by atoms with Crippen molar-refractivity contribution in [1.82, 2.24) is 9.88 Å². The lowest BCUT2D eigenvalue weighted by Crippen LogP contribution is -2.10. The van der Waals surface area contributed by atoms with Crippen LogP contribution in [0.15, 0.2) is 18.2 Å². The fourth-order valence-electron chi connectivity index (χ4n) is 3.05. The summed E-state index contributed by atoms with van der Waals surface area (Å²) in [6, 6.07) is 6.54. The average molecular weight is 244 g/mol. The van der Waals surface area contributed by atoms with Crippen LogP contribution in [0.25, 0.3) is 10.9 Å². The van der Waals surface area contributed by atoms with Crippen molar-refractivity contribution >= 4 is 10.9 Å². The molecule has 1 aromatic carbocycles. The maximum atomic E-state index is 5.50. The van der Waals surface area contributed by atoms with Crippen LogP contribution >= 0.6 is 0 Å². The fourth-order valence-corrected chi connectivity index (χ4v) is 3.05. The molecule has 0 spiro atoms. The first-order valence-corrected chi connectivity index (χ1v) is 6.56. The van der Waals surface area contributed by atoms with Gasteiger partial charge in [0.05, 0.1) is 12.6 Å². The Hall–Kier alpha value is -1.48. The number of hydrogen-bond acceptors (Lipinski definition) is 2. The highest BCUT2D eigenvalue weighted by atomic mass is 16.5. The number of rotatable bonds is 2. The van der Waals surface area contributed by atoms with Gasteiger partial charge in [0.15, 0.2) is 0 Å². The second-order valence-corrected chi connectivity index (χ2v) is 5.16. The quantitative estimate of drug-likeness (QED) is 0.878. The van der Waals surface area contributed by atoms with E-state index in [1.54, 1.807) is 7.11 Å². The number of nitrogens with one attached hydrogen (secondary N) is 1. The maximum absolute atomic E-state index is 5.50. The summed E-state index contributed by atoms with van der Waals surface area (Å²) in [5, 5.41) is 4.76. The first-order valence-electron chi connectivity index (χ1n) is 6.56. The predicted molar refractivity (Wildman–Crippen MR) is 74.4 cm³/mol. The number of nitrogens with zero attached hydrogens (tertiary/aromatic N) is 1. The van der Waals surface area contributed by atoms with Crippen LogP contribution in [0.5, 0.6) is 5.75 Å². The molecule has 96 valence electrons. The van der Waals surface area contributed by atoms with Gasteiger partial charge in [0.25, 0.3) is 0 Å². The summed E-state index contributed by atoms with van der Waals surface area (Å²) in [6.07, 6.45) is 1.23. The monoisotopic (exact) mass is 244 g/mol. The molecule has 1 atom stereocenters. The van der Waals surface area contributed by atoms with E-state index in [0.29, 0.717) is 5.92 Å². The van der Waals surface area contributed by atoms with Gasteiger partial charge in [-0.2, -0.15) is 0 Å². The molecule has 1 unspecified atom stereocenters. The Balaban J connectivity index is 2.23. The van der Waals surface area contributed by atoms with Crippen molar-refractivity contribution < 1.29 is 4.74 Å². The van der Waals surface area contributed by atoms with E-state index in [0.717, 1.165) is 18.8 Å². The summed E-state index contributed by atoms with van der Waals surface area (Å²) in [5.41, 5.74) is 3.96. The smallest absolute Gasteiger partial charge is 0.143 e. The van der Waals surface area contributed by atoms with Crippen LogP contribution < -0.4 is 10.1 Å². The molecule has 0 saturated carbocycles. The van der Waals surface area contributed by atoms with E-state index in [4.69, 9.17) is 4.74 Å². The summed E-state index contributed by atoms with van der Waals surface area (Å²) in [4.78, 5) is 0. The van der Waals surface area contributed by atoms with Crippen LogP contribution in [0.1, 0.15) is 23.6 Å². The third-order valence-corrected chi connectivity index (χ3v) is 4.11. The van der Waals surface area contributed by atoms with Crippen LogP contribution in [0, 0.1) is 6.92 Å². The van der Waals surface area contributed by atoms with E-state index in [1.165, 1.54) is 28.6 Å². The molecule has 3 nitrogen and oxygen atoms in total. The van der Waals surface area contributed by atoms with Crippen LogP contribution in [-0.4, -0.2) is 24.8 Å². The summed E-state index contributed by atoms with van der Waals surface area (Å²) in [6.45, 7) is 4.38. The molecular weight excluding hydrogens is 224 g/mol. The van der Waals surface area contributed by atoms with Crippen molar-refractivity contribution in [3.8, 4) is 5.75 Å². The summed E-state index contributed by atoms with van der Waals surface area (Å²) in [7, 11) is 3.89. The van der Waals surface area contributed by atoms with Gasteiger partial charge in [0, 0.05) is 30.6 Å². The van der Waals surface area contributed by atoms with Crippen molar-refractivity contribution in [1.29, 1.82) is 0 Å². The highest BCUT2D eigenvalue weighted by Crippen LogP contribution is 2.34. The minimum Gasteiger partial charge on any atom is -0.495 e. The van der Waals surface area contributed by atoms with Crippen LogP contribution in [0.4, 0.5) is 0 Å². The minimum atomic E-state index is 0.631. The van der Waals surface area contributed by atoms with Crippen molar-refractivity contribution in [3.05, 3.63) is 29.5 Å². The molecule has 0 amide bonds. The SMILES string of the molecule is COc1ccc(C)c2cc(C3CCNC3)n(C)c12. The van der Waals surface area contributed by atoms with Gasteiger partial charge in [-0.1, -0.05) is 6.07 Å². The lowest BCUT2D eigenvalue weighted by molar-refractivity contribution is 0.417. The van der Waals surface area contributed by atoms with Crippen LogP contribution in [-0.2, 0) is 7.05 Å². The number of benzene rings is 1. The molecule has 0 bridgehead atoms. The molecular formula is C15H20N2O. The van der Waals surface area contributed by atoms with E-state index in [2.05, 4.69) is 42.1 Å². The maximum Gasteiger partial charge on any atom is 0.143 e. The standard InChI is InChI=1S/C15H20N2O/c1-10-4-5-14(18-3)15-12(10)8-13(17(15)2)11-6-7-16-9-11/h4-5,8,11,16H,6-7,9H2,1-3H3. The minimum absolute atomic E-state index is 0.631. The number of aryl methyl sites for hydroxylation is 2. The summed E-state index contributed by atoms with van der Waals surface area (Å²) >= 11 is 0. The highest BCUT2D eigenvalue weighted by Gasteiger charge is 2.22. The second kappa shape index (κ2) is 4.32.